The summed E-state index contributed by atoms with van der Waals surface area (Å²) in [5.74, 6) is 0. The molecule has 10 rings (SSSR count). The number of fused-ring (bicyclic) bond motifs is 7. The van der Waals surface area contributed by atoms with E-state index in [9.17, 15) is 0 Å². The normalized spacial score (nSPS) is 11.6. The van der Waals surface area contributed by atoms with E-state index >= 15 is 0 Å². The Morgan fingerprint density at radius 1 is 0.340 bits per heavy atom. The summed E-state index contributed by atoms with van der Waals surface area (Å²) < 4.78 is 2.62. The van der Waals surface area contributed by atoms with Crippen molar-refractivity contribution >= 4 is 80.9 Å². The predicted molar refractivity (Wildman–Crippen MR) is 217 cm³/mol. The molecule has 0 N–H and O–H groups in total. The van der Waals surface area contributed by atoms with Crippen LogP contribution in [0.2, 0.25) is 0 Å². The number of anilines is 3. The summed E-state index contributed by atoms with van der Waals surface area (Å²) in [6.45, 7) is 0. The molecule has 50 heavy (non-hydrogen) atoms. The molecule has 10 aromatic rings. The smallest absolute Gasteiger partial charge is 0.0546 e. The predicted octanol–water partition coefficient (Wildman–Crippen LogP) is 14.3. The van der Waals surface area contributed by atoms with Gasteiger partial charge in [-0.3, -0.25) is 0 Å². The first-order valence-electron chi connectivity index (χ1n) is 17.1. The van der Waals surface area contributed by atoms with E-state index in [0.29, 0.717) is 0 Å². The highest BCUT2D eigenvalue weighted by Crippen LogP contribution is 2.48. The Labute approximate surface area is 294 Å². The van der Waals surface area contributed by atoms with E-state index in [1.807, 2.05) is 11.3 Å². The largest absolute Gasteiger partial charge is 0.309 e. The van der Waals surface area contributed by atoms with Crippen LogP contribution in [-0.4, -0.2) is 0 Å². The van der Waals surface area contributed by atoms with Crippen LogP contribution in [0, 0.1) is 0 Å². The van der Waals surface area contributed by atoms with Crippen LogP contribution in [0.4, 0.5) is 17.1 Å². The number of hydrogen-bond donors (Lipinski definition) is 0. The summed E-state index contributed by atoms with van der Waals surface area (Å²) in [5.41, 5.74) is 8.32. The zero-order valence-corrected chi connectivity index (χ0v) is 28.1. The van der Waals surface area contributed by atoms with Crippen LogP contribution in [0.5, 0.6) is 0 Å². The quantitative estimate of drug-likeness (QED) is 0.167. The fourth-order valence-corrected chi connectivity index (χ4v) is 8.92. The lowest BCUT2D eigenvalue weighted by atomic mass is 9.95. The van der Waals surface area contributed by atoms with Gasteiger partial charge in [0.15, 0.2) is 0 Å². The van der Waals surface area contributed by atoms with Gasteiger partial charge < -0.3 is 4.90 Å². The van der Waals surface area contributed by atoms with Crippen LogP contribution in [0.15, 0.2) is 188 Å². The van der Waals surface area contributed by atoms with Crippen LogP contribution in [0.1, 0.15) is 0 Å². The lowest BCUT2D eigenvalue weighted by Gasteiger charge is -2.30. The van der Waals surface area contributed by atoms with Crippen LogP contribution < -0.4 is 4.90 Å². The molecule has 1 aromatic heterocycles. The van der Waals surface area contributed by atoms with Crippen LogP contribution in [-0.2, 0) is 0 Å². The third-order valence-electron chi connectivity index (χ3n) is 10.1. The molecule has 0 unspecified atom stereocenters. The topological polar surface area (TPSA) is 3.24 Å². The number of para-hydroxylation sites is 1. The Balaban J connectivity index is 1.24. The molecule has 0 amide bonds. The molecule has 1 nitrogen and oxygen atoms in total. The highest BCUT2D eigenvalue weighted by Gasteiger charge is 2.22. The lowest BCUT2D eigenvalue weighted by Crippen LogP contribution is -2.12. The molecule has 9 aromatic carbocycles. The van der Waals surface area contributed by atoms with Gasteiger partial charge in [-0.1, -0.05) is 152 Å². The highest BCUT2D eigenvalue weighted by atomic mass is 32.1. The number of rotatable bonds is 5. The molecular weight excluding hydrogens is 623 g/mol. The second-order valence-electron chi connectivity index (χ2n) is 12.9. The average molecular weight is 654 g/mol. The molecule has 0 saturated heterocycles. The highest BCUT2D eigenvalue weighted by molar-refractivity contribution is 7.25. The lowest BCUT2D eigenvalue weighted by molar-refractivity contribution is 1.30. The van der Waals surface area contributed by atoms with Gasteiger partial charge in [-0.2, -0.15) is 0 Å². The molecule has 0 saturated carbocycles. The molecule has 0 bridgehead atoms. The summed E-state index contributed by atoms with van der Waals surface area (Å²) in [6, 6.07) is 68.8. The second kappa shape index (κ2) is 11.7. The third-order valence-corrected chi connectivity index (χ3v) is 11.2. The van der Waals surface area contributed by atoms with Crippen molar-refractivity contribution in [2.45, 2.75) is 0 Å². The fourth-order valence-electron chi connectivity index (χ4n) is 7.79. The molecule has 0 fully saturated rings. The summed E-state index contributed by atoms with van der Waals surface area (Å²) >= 11 is 1.87. The Kier molecular flexibility index (Phi) is 6.75. The number of nitrogens with zero attached hydrogens (tertiary/aromatic N) is 1. The molecule has 0 spiro atoms. The van der Waals surface area contributed by atoms with Crippen LogP contribution >= 0.6 is 11.3 Å². The van der Waals surface area contributed by atoms with Crippen molar-refractivity contribution in [2.75, 3.05) is 4.90 Å². The Bertz CT molecular complexity index is 2870. The van der Waals surface area contributed by atoms with Gasteiger partial charge >= 0.3 is 0 Å². The zero-order valence-electron chi connectivity index (χ0n) is 27.3. The van der Waals surface area contributed by atoms with E-state index < -0.39 is 0 Å². The minimum absolute atomic E-state index is 1.12. The Morgan fingerprint density at radius 2 is 0.920 bits per heavy atom. The SMILES string of the molecule is c1ccc(N(c2ccc(-c3cccc4ccccc34)cc2)c2cc3ccccc3c3ccccc23)c(-c2cccc3sc4ccccc4c23)c1. The summed E-state index contributed by atoms with van der Waals surface area (Å²) in [6.07, 6.45) is 0. The third kappa shape index (κ3) is 4.61. The van der Waals surface area contributed by atoms with Gasteiger partial charge in [0.25, 0.3) is 0 Å². The van der Waals surface area contributed by atoms with E-state index in [4.69, 9.17) is 0 Å². The number of benzene rings is 9. The van der Waals surface area contributed by atoms with E-state index in [1.54, 1.807) is 0 Å². The van der Waals surface area contributed by atoms with Gasteiger partial charge in [0.1, 0.15) is 0 Å². The Hall–Kier alpha value is -6.22. The van der Waals surface area contributed by atoms with E-state index in [-0.39, 0.29) is 0 Å². The van der Waals surface area contributed by atoms with Crippen molar-refractivity contribution in [1.82, 2.24) is 0 Å². The fraction of sp³-hybridized carbons (Fsp3) is 0. The molecular formula is C48H31NS. The Morgan fingerprint density at radius 3 is 1.78 bits per heavy atom. The number of thiophene rings is 1. The van der Waals surface area contributed by atoms with E-state index in [1.165, 1.54) is 74.7 Å². The first-order valence-corrected chi connectivity index (χ1v) is 17.9. The second-order valence-corrected chi connectivity index (χ2v) is 13.9. The van der Waals surface area contributed by atoms with Crippen molar-refractivity contribution in [3.63, 3.8) is 0 Å². The van der Waals surface area contributed by atoms with Gasteiger partial charge in [-0.05, 0) is 80.0 Å². The van der Waals surface area contributed by atoms with E-state index in [0.717, 1.165) is 17.1 Å². The van der Waals surface area contributed by atoms with Crippen molar-refractivity contribution in [3.05, 3.63) is 188 Å². The molecule has 2 heteroatoms. The van der Waals surface area contributed by atoms with Gasteiger partial charge in [0.05, 0.1) is 11.4 Å². The van der Waals surface area contributed by atoms with Gasteiger partial charge in [0.2, 0.25) is 0 Å². The maximum absolute atomic E-state index is 2.48. The van der Waals surface area contributed by atoms with Gasteiger partial charge in [-0.25, -0.2) is 0 Å². The van der Waals surface area contributed by atoms with Crippen molar-refractivity contribution in [2.24, 2.45) is 0 Å². The minimum Gasteiger partial charge on any atom is -0.309 e. The van der Waals surface area contributed by atoms with Crippen LogP contribution in [0.3, 0.4) is 0 Å². The maximum atomic E-state index is 2.48. The summed E-state index contributed by atoms with van der Waals surface area (Å²) in [5, 5.41) is 10.1. The first-order chi connectivity index (χ1) is 24.8. The monoisotopic (exact) mass is 653 g/mol. The molecule has 1 heterocycles. The molecule has 0 aliphatic carbocycles. The zero-order chi connectivity index (χ0) is 33.0. The van der Waals surface area contributed by atoms with Crippen molar-refractivity contribution < 1.29 is 0 Å². The average Bonchev–Trinajstić information content (AvgIpc) is 3.57. The summed E-state index contributed by atoms with van der Waals surface area (Å²) in [7, 11) is 0. The van der Waals surface area contributed by atoms with Crippen molar-refractivity contribution in [1.29, 1.82) is 0 Å². The number of hydrogen-bond acceptors (Lipinski definition) is 2. The van der Waals surface area contributed by atoms with E-state index in [2.05, 4.69) is 193 Å². The first kappa shape index (κ1) is 28.8. The molecule has 0 aliphatic rings. The van der Waals surface area contributed by atoms with Gasteiger partial charge in [0, 0.05) is 36.8 Å². The summed E-state index contributed by atoms with van der Waals surface area (Å²) in [4.78, 5) is 2.48. The van der Waals surface area contributed by atoms with Crippen molar-refractivity contribution in [3.8, 4) is 22.3 Å². The maximum Gasteiger partial charge on any atom is 0.0546 e. The minimum atomic E-state index is 1.12. The molecule has 0 radical (unpaired) electrons. The van der Waals surface area contributed by atoms with Crippen LogP contribution in [0.25, 0.3) is 74.7 Å². The molecule has 234 valence electrons. The standard InChI is InChI=1S/C48H31NS/c1-3-16-36-32(13-1)15-11-22-37(36)33-27-29-35(30-28-33)49(45-31-34-14-2-4-17-38(34)39-18-5-6-19-40(39)45)44-24-9-7-20-41(44)42-23-12-26-47-48(42)43-21-8-10-25-46(43)50-47/h1-31H. The molecule has 0 atom stereocenters. The van der Waals surface area contributed by atoms with Gasteiger partial charge in [-0.15, -0.1) is 11.3 Å². The molecule has 0 aliphatic heterocycles.